The molecule has 0 bridgehead atoms. The van der Waals surface area contributed by atoms with Crippen molar-refractivity contribution >= 4 is 18.6 Å². The molecule has 0 amide bonds. The van der Waals surface area contributed by atoms with Crippen LogP contribution >= 0.6 is 0 Å². The number of rotatable bonds is 5. The van der Waals surface area contributed by atoms with Gasteiger partial charge >= 0.3 is 13.1 Å². The lowest BCUT2D eigenvalue weighted by molar-refractivity contribution is -0.145. The number of aryl methyl sites for hydroxylation is 1. The molecule has 0 fully saturated rings. The highest BCUT2D eigenvalue weighted by Gasteiger charge is 2.38. The summed E-state index contributed by atoms with van der Waals surface area (Å²) in [5.41, 5.74) is 2.25. The highest BCUT2D eigenvalue weighted by Crippen LogP contribution is 2.33. The van der Waals surface area contributed by atoms with Crippen LogP contribution in [0.4, 0.5) is 0 Å². The minimum Gasteiger partial charge on any atom is -0.466 e. The van der Waals surface area contributed by atoms with Crippen LogP contribution in [0.5, 0.6) is 11.6 Å². The van der Waals surface area contributed by atoms with Crippen LogP contribution in [-0.2, 0) is 14.2 Å². The summed E-state index contributed by atoms with van der Waals surface area (Å²) in [6.45, 7) is 3.94. The third kappa shape index (κ3) is 3.39. The van der Waals surface area contributed by atoms with Gasteiger partial charge in [0.2, 0.25) is 5.88 Å². The van der Waals surface area contributed by atoms with Gasteiger partial charge < -0.3 is 19.2 Å². The van der Waals surface area contributed by atoms with Gasteiger partial charge in [-0.3, -0.25) is 4.79 Å². The molecular formula is C16H17BN2O5. The third-order valence-electron chi connectivity index (χ3n) is 3.71. The molecule has 124 valence electrons. The van der Waals surface area contributed by atoms with Crippen LogP contribution in [0, 0.1) is 6.92 Å². The van der Waals surface area contributed by atoms with Gasteiger partial charge in [0, 0.05) is 12.3 Å². The molecule has 2 aromatic rings. The van der Waals surface area contributed by atoms with Crippen molar-refractivity contribution in [3.8, 4) is 11.6 Å². The van der Waals surface area contributed by atoms with Crippen LogP contribution in [0.1, 0.15) is 30.6 Å². The molecule has 0 saturated carbocycles. The van der Waals surface area contributed by atoms with E-state index in [9.17, 15) is 9.82 Å². The molecule has 24 heavy (non-hydrogen) atoms. The average molecular weight is 328 g/mol. The Morgan fingerprint density at radius 2 is 2.29 bits per heavy atom. The smallest absolute Gasteiger partial charge is 0.466 e. The first-order valence-electron chi connectivity index (χ1n) is 7.66. The zero-order valence-corrected chi connectivity index (χ0v) is 13.4. The number of aromatic nitrogens is 2. The standard InChI is InChI=1S/C16H17BN2O5/c1-3-22-15(20)8-13-16-10(2)6-11(7-12(16)17(21)24-13)23-14-4-5-18-9-19-14/h4-7,9,13,21H,3,8H2,1-2H3. The fourth-order valence-electron chi connectivity index (χ4n) is 2.77. The topological polar surface area (TPSA) is 90.8 Å². The van der Waals surface area contributed by atoms with Gasteiger partial charge in [-0.2, -0.15) is 0 Å². The SMILES string of the molecule is CCOC(=O)CC1OB(O)c2cc(Oc3ccncn3)cc(C)c21. The minimum absolute atomic E-state index is 0.0604. The minimum atomic E-state index is -1.10. The highest BCUT2D eigenvalue weighted by atomic mass is 16.5. The van der Waals surface area contributed by atoms with Crippen molar-refractivity contribution < 1.29 is 23.9 Å². The zero-order valence-electron chi connectivity index (χ0n) is 13.4. The summed E-state index contributed by atoms with van der Waals surface area (Å²) in [7, 11) is -1.10. The zero-order chi connectivity index (χ0) is 17.1. The Bertz CT molecular complexity index is 741. The molecule has 3 rings (SSSR count). The molecule has 0 saturated heterocycles. The highest BCUT2D eigenvalue weighted by molar-refractivity contribution is 6.62. The van der Waals surface area contributed by atoms with Crippen molar-refractivity contribution in [3.63, 3.8) is 0 Å². The van der Waals surface area contributed by atoms with E-state index in [1.807, 2.05) is 13.0 Å². The van der Waals surface area contributed by atoms with Gasteiger partial charge in [0.05, 0.1) is 19.1 Å². The monoisotopic (exact) mass is 328 g/mol. The van der Waals surface area contributed by atoms with E-state index in [4.69, 9.17) is 14.1 Å². The van der Waals surface area contributed by atoms with Crippen LogP contribution in [0.25, 0.3) is 0 Å². The van der Waals surface area contributed by atoms with Crippen molar-refractivity contribution in [3.05, 3.63) is 41.9 Å². The van der Waals surface area contributed by atoms with Gasteiger partial charge in [-0.1, -0.05) is 0 Å². The van der Waals surface area contributed by atoms with Crippen LogP contribution in [0.15, 0.2) is 30.7 Å². The molecule has 2 heterocycles. The number of ether oxygens (including phenoxy) is 2. The largest absolute Gasteiger partial charge is 0.492 e. The van der Waals surface area contributed by atoms with Gasteiger partial charge in [0.25, 0.3) is 0 Å². The van der Waals surface area contributed by atoms with E-state index in [1.165, 1.54) is 6.33 Å². The lowest BCUT2D eigenvalue weighted by Gasteiger charge is -2.14. The van der Waals surface area contributed by atoms with Crippen molar-refractivity contribution in [1.29, 1.82) is 0 Å². The van der Waals surface area contributed by atoms with E-state index in [1.54, 1.807) is 25.3 Å². The summed E-state index contributed by atoms with van der Waals surface area (Å²) in [5, 5.41) is 10.2. The molecule has 1 unspecified atom stereocenters. The molecule has 1 N–H and O–H groups in total. The lowest BCUT2D eigenvalue weighted by Crippen LogP contribution is -2.28. The predicted molar refractivity (Wildman–Crippen MR) is 86.0 cm³/mol. The van der Waals surface area contributed by atoms with Crippen molar-refractivity contribution in [2.24, 2.45) is 0 Å². The second-order valence-electron chi connectivity index (χ2n) is 5.38. The van der Waals surface area contributed by atoms with Crippen molar-refractivity contribution in [2.45, 2.75) is 26.4 Å². The number of hydrogen-bond acceptors (Lipinski definition) is 7. The molecule has 0 radical (unpaired) electrons. The summed E-state index contributed by atoms with van der Waals surface area (Å²) in [4.78, 5) is 19.5. The second kappa shape index (κ2) is 6.98. The molecule has 1 atom stereocenters. The lowest BCUT2D eigenvalue weighted by atomic mass is 9.77. The number of carbonyl (C=O) groups excluding carboxylic acids is 1. The Balaban J connectivity index is 1.85. The summed E-state index contributed by atoms with van der Waals surface area (Å²) in [6.07, 6.45) is 2.51. The first-order chi connectivity index (χ1) is 11.6. The molecule has 8 heteroatoms. The van der Waals surface area contributed by atoms with Gasteiger partial charge in [0.1, 0.15) is 12.1 Å². The Morgan fingerprint density at radius 1 is 1.46 bits per heavy atom. The van der Waals surface area contributed by atoms with E-state index in [0.717, 1.165) is 11.1 Å². The van der Waals surface area contributed by atoms with Gasteiger partial charge in [-0.15, -0.1) is 0 Å². The van der Waals surface area contributed by atoms with E-state index in [-0.39, 0.29) is 12.4 Å². The third-order valence-corrected chi connectivity index (χ3v) is 3.71. The van der Waals surface area contributed by atoms with Crippen LogP contribution in [0.3, 0.4) is 0 Å². The second-order valence-corrected chi connectivity index (χ2v) is 5.38. The van der Waals surface area contributed by atoms with E-state index in [2.05, 4.69) is 9.97 Å². The normalized spacial score (nSPS) is 16.0. The number of benzene rings is 1. The van der Waals surface area contributed by atoms with Gasteiger partial charge in [-0.05, 0) is 42.6 Å². The quantitative estimate of drug-likeness (QED) is 0.653. The summed E-state index contributed by atoms with van der Waals surface area (Å²) >= 11 is 0. The first kappa shape index (κ1) is 16.4. The molecule has 1 aromatic heterocycles. The fraction of sp³-hybridized carbons (Fsp3) is 0.312. The molecule has 0 aliphatic carbocycles. The average Bonchev–Trinajstić information content (AvgIpc) is 2.85. The Hall–Kier alpha value is -2.45. The van der Waals surface area contributed by atoms with E-state index in [0.29, 0.717) is 23.7 Å². The summed E-state index contributed by atoms with van der Waals surface area (Å²) in [5.74, 6) is 0.577. The number of esters is 1. The van der Waals surface area contributed by atoms with Crippen molar-refractivity contribution in [1.82, 2.24) is 9.97 Å². The Morgan fingerprint density at radius 3 is 3.00 bits per heavy atom. The number of nitrogens with zero attached hydrogens (tertiary/aromatic N) is 2. The fourth-order valence-corrected chi connectivity index (χ4v) is 2.77. The molecule has 1 aromatic carbocycles. The summed E-state index contributed by atoms with van der Waals surface area (Å²) < 4.78 is 16.1. The maximum atomic E-state index is 11.7. The summed E-state index contributed by atoms with van der Waals surface area (Å²) in [6, 6.07) is 5.15. The first-order valence-corrected chi connectivity index (χ1v) is 7.66. The van der Waals surface area contributed by atoms with Crippen LogP contribution in [-0.4, -0.2) is 34.7 Å². The molecule has 0 spiro atoms. The number of fused-ring (bicyclic) bond motifs is 1. The Labute approximate surface area is 139 Å². The van der Waals surface area contributed by atoms with E-state index >= 15 is 0 Å². The predicted octanol–water partition coefficient (Wildman–Crippen LogP) is 1.29. The molecule has 7 nitrogen and oxygen atoms in total. The number of carbonyl (C=O) groups is 1. The van der Waals surface area contributed by atoms with Crippen LogP contribution in [0.2, 0.25) is 0 Å². The molecular weight excluding hydrogens is 311 g/mol. The Kier molecular flexibility index (Phi) is 4.77. The van der Waals surface area contributed by atoms with Gasteiger partial charge in [-0.25, -0.2) is 9.97 Å². The van der Waals surface area contributed by atoms with Gasteiger partial charge in [0.15, 0.2) is 0 Å². The van der Waals surface area contributed by atoms with E-state index < -0.39 is 13.2 Å². The van der Waals surface area contributed by atoms with Crippen molar-refractivity contribution in [2.75, 3.05) is 6.61 Å². The molecule has 1 aliphatic rings. The maximum absolute atomic E-state index is 11.7. The number of hydrogen-bond donors (Lipinski definition) is 1. The maximum Gasteiger partial charge on any atom is 0.492 e. The van der Waals surface area contributed by atoms with Crippen LogP contribution < -0.4 is 10.2 Å². The molecule has 1 aliphatic heterocycles.